The summed E-state index contributed by atoms with van der Waals surface area (Å²) in [6.07, 6.45) is 8.19. The Bertz CT molecular complexity index is 3010. The maximum Gasteiger partial charge on any atom is 0.407 e. The first-order valence-corrected chi connectivity index (χ1v) is 25.5. The minimum absolute atomic E-state index is 0.0718. The molecule has 2 aromatic carbocycles. The molecule has 0 radical (unpaired) electrons. The zero-order chi connectivity index (χ0) is 49.1. The number of likely N-dealkylation sites (tertiary alicyclic amines) is 2. The molecule has 1 aliphatic carbocycles. The number of alkyl carbamates (subject to hydrolysis) is 2. The lowest BCUT2D eigenvalue weighted by molar-refractivity contribution is -0.137. The van der Waals surface area contributed by atoms with Gasteiger partial charge >= 0.3 is 12.2 Å². The topological polar surface area (TPSA) is 198 Å². The van der Waals surface area contributed by atoms with Gasteiger partial charge in [-0.2, -0.15) is 0 Å². The molecule has 4 amide bonds. The second-order valence-corrected chi connectivity index (χ2v) is 20.8. The van der Waals surface area contributed by atoms with E-state index in [2.05, 4.69) is 43.4 Å². The largest absolute Gasteiger partial charge is 0.464 e. The van der Waals surface area contributed by atoms with Crippen LogP contribution in [-0.2, 0) is 23.8 Å². The summed E-state index contributed by atoms with van der Waals surface area (Å²) in [7, 11) is 2.57. The van der Waals surface area contributed by atoms with Crippen LogP contribution >= 0.6 is 11.3 Å². The average Bonchev–Trinajstić information content (AvgIpc) is 4.11. The van der Waals surface area contributed by atoms with E-state index in [4.69, 9.17) is 28.9 Å². The minimum Gasteiger partial charge on any atom is -0.464 e. The molecule has 5 aliphatic rings. The van der Waals surface area contributed by atoms with Crippen LogP contribution in [0.1, 0.15) is 111 Å². The third kappa shape index (κ3) is 8.80. The summed E-state index contributed by atoms with van der Waals surface area (Å²) in [4.78, 5) is 75.0. The third-order valence-corrected chi connectivity index (χ3v) is 16.1. The molecule has 6 aromatic rings. The standard InChI is InChI=1S/C52H58FN9O8S/c1-27(2)44(58-51(65)67-3)48(63)60-17-5-7-37(60)47-55-26-35(57-47)31-22-33(53)43-39-23-32-21-30(11-12-36(32)62(39)50(70-40(43)24-31)42-14-13-41(71-42)28-9-10-28)34-25-54-46(56-34)38-8-6-18-61(38)49(64)45(59-52(66)68-4)29-15-19-69-20-16-29/h11-14,21-29,37-38,44-45,50H,5-10,15-20H2,1-4H3,(H,54,56)(H,55,57)(H,58,65)(H,59,66). The quantitative estimate of drug-likeness (QED) is 0.0918. The van der Waals surface area contributed by atoms with Gasteiger partial charge in [0.15, 0.2) is 0 Å². The molecule has 5 atom stereocenters. The summed E-state index contributed by atoms with van der Waals surface area (Å²) in [5.41, 5.74) is 4.70. The number of imidazole rings is 2. The number of amides is 4. The summed E-state index contributed by atoms with van der Waals surface area (Å²) in [6, 6.07) is 13.7. The van der Waals surface area contributed by atoms with Crippen LogP contribution in [0.25, 0.3) is 44.7 Å². The molecule has 4 aromatic heterocycles. The van der Waals surface area contributed by atoms with Gasteiger partial charge in [-0.1, -0.05) is 19.9 Å². The van der Waals surface area contributed by atoms with Gasteiger partial charge < -0.3 is 49.3 Å². The fourth-order valence-electron chi connectivity index (χ4n) is 11.0. The van der Waals surface area contributed by atoms with Crippen LogP contribution in [0.15, 0.2) is 60.9 Å². The summed E-state index contributed by atoms with van der Waals surface area (Å²) >= 11 is 1.73. The summed E-state index contributed by atoms with van der Waals surface area (Å²) in [5.74, 6) is 1.14. The Morgan fingerprint density at radius 1 is 0.775 bits per heavy atom. The average molecular weight is 988 g/mol. The monoisotopic (exact) mass is 987 g/mol. The summed E-state index contributed by atoms with van der Waals surface area (Å²) in [6.45, 7) is 5.86. The first kappa shape index (κ1) is 46.6. The summed E-state index contributed by atoms with van der Waals surface area (Å²) < 4.78 is 41.2. The molecular weight excluding hydrogens is 930 g/mol. The molecule has 71 heavy (non-hydrogen) atoms. The zero-order valence-corrected chi connectivity index (χ0v) is 41.0. The highest BCUT2D eigenvalue weighted by atomic mass is 32.1. The van der Waals surface area contributed by atoms with E-state index in [0.717, 1.165) is 46.3 Å². The van der Waals surface area contributed by atoms with Crippen LogP contribution in [0.4, 0.5) is 14.0 Å². The molecule has 19 heteroatoms. The van der Waals surface area contributed by atoms with Gasteiger partial charge in [-0.25, -0.2) is 23.9 Å². The van der Waals surface area contributed by atoms with Crippen LogP contribution in [0.5, 0.6) is 5.75 Å². The van der Waals surface area contributed by atoms with E-state index in [-0.39, 0.29) is 35.7 Å². The molecule has 4 fully saturated rings. The highest BCUT2D eigenvalue weighted by Crippen LogP contribution is 2.50. The maximum absolute atomic E-state index is 17.0. The molecule has 0 bridgehead atoms. The molecule has 1 saturated carbocycles. The van der Waals surface area contributed by atoms with Crippen LogP contribution in [0.3, 0.4) is 0 Å². The SMILES string of the molecule is COC(=O)NC(C(=O)N1CCCC1c1ncc(-c2cc(F)c3c(c2)OC(c2ccc(C4CC4)s2)n2c-3cc3cc(-c4cnc(C5CCCN5C(=O)C(NC(=O)OC)C5CCOCC5)[nH]4)ccc32)[nH]1)C(C)C. The molecule has 372 valence electrons. The number of carbonyl (C=O) groups excluding carboxylic acids is 4. The van der Waals surface area contributed by atoms with Crippen LogP contribution in [-0.4, -0.2) is 111 Å². The molecule has 4 N–H and O–H groups in total. The van der Waals surface area contributed by atoms with E-state index in [1.807, 2.05) is 43.0 Å². The van der Waals surface area contributed by atoms with Crippen molar-refractivity contribution in [2.75, 3.05) is 40.5 Å². The predicted octanol–water partition coefficient (Wildman–Crippen LogP) is 8.96. The first-order chi connectivity index (χ1) is 34.5. The lowest BCUT2D eigenvalue weighted by Crippen LogP contribution is -2.53. The Balaban J connectivity index is 0.896. The number of methoxy groups -OCH3 is 2. The van der Waals surface area contributed by atoms with Gasteiger partial charge in [-0.15, -0.1) is 11.3 Å². The lowest BCUT2D eigenvalue weighted by atomic mass is 9.90. The lowest BCUT2D eigenvalue weighted by Gasteiger charge is -2.34. The van der Waals surface area contributed by atoms with Crippen molar-refractivity contribution in [2.24, 2.45) is 11.8 Å². The Morgan fingerprint density at radius 2 is 1.42 bits per heavy atom. The molecule has 17 nitrogen and oxygen atoms in total. The number of ether oxygens (including phenoxy) is 4. The molecule has 8 heterocycles. The van der Waals surface area contributed by atoms with E-state index in [0.29, 0.717) is 91.4 Å². The van der Waals surface area contributed by atoms with Gasteiger partial charge in [0.25, 0.3) is 0 Å². The third-order valence-electron chi connectivity index (χ3n) is 14.9. The number of rotatable bonds is 12. The number of fused-ring (bicyclic) bond motifs is 5. The molecule has 5 unspecified atom stereocenters. The van der Waals surface area contributed by atoms with Crippen molar-refractivity contribution in [3.63, 3.8) is 0 Å². The van der Waals surface area contributed by atoms with E-state index < -0.39 is 36.3 Å². The maximum atomic E-state index is 17.0. The predicted molar refractivity (Wildman–Crippen MR) is 262 cm³/mol. The molecule has 0 spiro atoms. The number of H-pyrrole nitrogens is 2. The number of thiophene rings is 1. The number of hydrogen-bond acceptors (Lipinski definition) is 11. The fraction of sp³-hybridized carbons (Fsp3) is 0.462. The minimum atomic E-state index is -0.769. The Kier molecular flexibility index (Phi) is 12.6. The Morgan fingerprint density at radius 3 is 2.08 bits per heavy atom. The van der Waals surface area contributed by atoms with Gasteiger partial charge in [0, 0.05) is 47.7 Å². The molecule has 4 aliphatic heterocycles. The number of carbonyl (C=O) groups is 4. The number of nitrogens with one attached hydrogen (secondary N) is 4. The second-order valence-electron chi connectivity index (χ2n) is 19.7. The Labute approximate surface area is 413 Å². The van der Waals surface area contributed by atoms with Gasteiger partial charge in [0.1, 0.15) is 35.3 Å². The van der Waals surface area contributed by atoms with Crippen molar-refractivity contribution in [3.8, 4) is 39.5 Å². The number of aromatic nitrogens is 5. The van der Waals surface area contributed by atoms with Crippen molar-refractivity contribution in [1.29, 1.82) is 0 Å². The highest BCUT2D eigenvalue weighted by Gasteiger charge is 2.41. The molecule has 11 rings (SSSR count). The van der Waals surface area contributed by atoms with Gasteiger partial charge in [0.2, 0.25) is 18.0 Å². The number of hydrogen-bond donors (Lipinski definition) is 4. The number of benzene rings is 2. The van der Waals surface area contributed by atoms with Crippen molar-refractivity contribution in [3.05, 3.63) is 88.1 Å². The van der Waals surface area contributed by atoms with Crippen molar-refractivity contribution < 1.29 is 42.5 Å². The smallest absolute Gasteiger partial charge is 0.407 e. The van der Waals surface area contributed by atoms with Crippen LogP contribution in [0, 0.1) is 17.7 Å². The van der Waals surface area contributed by atoms with E-state index in [9.17, 15) is 19.2 Å². The number of nitrogens with zero attached hydrogens (tertiary/aromatic N) is 5. The van der Waals surface area contributed by atoms with Gasteiger partial charge in [-0.05, 0) is 112 Å². The van der Waals surface area contributed by atoms with Crippen molar-refractivity contribution >= 4 is 46.2 Å². The van der Waals surface area contributed by atoms with Crippen LogP contribution in [0.2, 0.25) is 0 Å². The molecule has 3 saturated heterocycles. The normalized spacial score (nSPS) is 20.9. The highest BCUT2D eigenvalue weighted by molar-refractivity contribution is 7.12. The Hall–Kier alpha value is -6.73. The number of aromatic amines is 2. The van der Waals surface area contributed by atoms with E-state index in [1.165, 1.54) is 38.0 Å². The first-order valence-electron chi connectivity index (χ1n) is 24.7. The van der Waals surface area contributed by atoms with Crippen molar-refractivity contribution in [1.82, 2.24) is 44.9 Å². The summed E-state index contributed by atoms with van der Waals surface area (Å²) in [5, 5.41) is 6.40. The van der Waals surface area contributed by atoms with Gasteiger partial charge in [-0.3, -0.25) is 14.2 Å². The zero-order valence-electron chi connectivity index (χ0n) is 40.2. The molecular formula is C52H58FN9O8S. The van der Waals surface area contributed by atoms with Crippen molar-refractivity contribution in [2.45, 2.75) is 102 Å². The fourth-order valence-corrected chi connectivity index (χ4v) is 12.2. The second kappa shape index (κ2) is 19.1. The van der Waals surface area contributed by atoms with E-state index >= 15 is 4.39 Å². The van der Waals surface area contributed by atoms with Crippen LogP contribution < -0.4 is 15.4 Å². The van der Waals surface area contributed by atoms with Gasteiger partial charge in [0.05, 0.1) is 71.7 Å². The number of halogens is 1. The van der Waals surface area contributed by atoms with E-state index in [1.54, 1.807) is 28.6 Å².